The number of aromatic nitrogens is 2. The Hall–Kier alpha value is -8.23. The third-order valence-corrected chi connectivity index (χ3v) is 13.5. The highest BCUT2D eigenvalue weighted by Gasteiger charge is 2.52. The smallest absolute Gasteiger partial charge is 0.435 e. The molecule has 0 saturated carbocycles. The van der Waals surface area contributed by atoms with Gasteiger partial charge in [0.1, 0.15) is 16.7 Å². The molecule has 1 saturated heterocycles. The fraction of sp³-hybridized carbons (Fsp3) is 0.259. The number of ether oxygens (including phenoxy) is 4. The molecule has 3 aliphatic rings. The van der Waals surface area contributed by atoms with E-state index in [1.807, 2.05) is 39.8 Å². The van der Waals surface area contributed by atoms with Gasteiger partial charge in [0.2, 0.25) is 23.6 Å². The van der Waals surface area contributed by atoms with E-state index in [9.17, 15) is 28.0 Å². The van der Waals surface area contributed by atoms with Crippen LogP contribution in [0.25, 0.3) is 11.3 Å². The van der Waals surface area contributed by atoms with Crippen LogP contribution >= 0.6 is 11.6 Å². The number of amides is 2. The van der Waals surface area contributed by atoms with Crippen molar-refractivity contribution in [3.63, 3.8) is 0 Å². The molecule has 4 aromatic carbocycles. The predicted octanol–water partition coefficient (Wildman–Crippen LogP) is 9.54. The van der Waals surface area contributed by atoms with Crippen LogP contribution in [0.2, 0.25) is 5.15 Å². The first kappa shape index (κ1) is 53.6. The second kappa shape index (κ2) is 21.5. The molecule has 2 amide bonds. The molecular weight excluding hydrogens is 977 g/mol. The monoisotopic (exact) mass is 1020 g/mol. The van der Waals surface area contributed by atoms with Crippen molar-refractivity contribution in [2.24, 2.45) is 10.8 Å². The van der Waals surface area contributed by atoms with Crippen LogP contribution in [0.5, 0.6) is 34.8 Å². The Balaban J connectivity index is 0.000000169. The number of pyridine rings is 2. The summed E-state index contributed by atoms with van der Waals surface area (Å²) in [7, 11) is -0.389. The van der Waals surface area contributed by atoms with E-state index in [1.54, 1.807) is 125 Å². The maximum atomic E-state index is 14.7. The molecule has 0 bridgehead atoms. The Labute approximate surface area is 430 Å². The van der Waals surface area contributed by atoms with Crippen LogP contribution in [0.15, 0.2) is 109 Å². The topological polar surface area (TPSA) is 221 Å². The quantitative estimate of drug-likeness (QED) is 0.0429. The first-order valence-electron chi connectivity index (χ1n) is 22.8. The molecular formula is C54H48BClF2N6O10. The summed E-state index contributed by atoms with van der Waals surface area (Å²) in [6.45, 7) is 15.5. The van der Waals surface area contributed by atoms with E-state index in [0.29, 0.717) is 52.4 Å². The molecule has 1 fully saturated rings. The molecule has 20 heteroatoms. The number of para-hydroxylation sites is 2. The number of hydrogen-bond donors (Lipinski definition) is 2. The summed E-state index contributed by atoms with van der Waals surface area (Å²) in [5, 5.41) is 22.3. The van der Waals surface area contributed by atoms with Crippen LogP contribution in [0.4, 0.5) is 8.78 Å². The van der Waals surface area contributed by atoms with Crippen LogP contribution in [0.3, 0.4) is 0 Å². The zero-order chi connectivity index (χ0) is 53.8. The van der Waals surface area contributed by atoms with Gasteiger partial charge in [-0.2, -0.15) is 10.5 Å². The minimum atomic E-state index is -1.10. The van der Waals surface area contributed by atoms with Crippen LogP contribution < -0.4 is 35.0 Å². The normalized spacial score (nSPS) is 16.3. The molecule has 0 spiro atoms. The molecule has 2 N–H and O–H groups in total. The van der Waals surface area contributed by atoms with Crippen molar-refractivity contribution >= 4 is 48.9 Å². The number of hydrogen-bond acceptors (Lipinski definition) is 14. The van der Waals surface area contributed by atoms with E-state index in [0.717, 1.165) is 11.0 Å². The summed E-state index contributed by atoms with van der Waals surface area (Å²) in [6.07, 6.45) is 3.30. The highest BCUT2D eigenvalue weighted by atomic mass is 35.5. The number of nitriles is 2. The molecule has 74 heavy (non-hydrogen) atoms. The van der Waals surface area contributed by atoms with Gasteiger partial charge in [-0.05, 0) is 99.9 Å². The summed E-state index contributed by atoms with van der Waals surface area (Å²) >= 11 is 5.91. The average molecular weight is 1030 g/mol. The highest BCUT2D eigenvalue weighted by Crippen LogP contribution is 2.54. The van der Waals surface area contributed by atoms with Gasteiger partial charge in [0.15, 0.2) is 35.5 Å². The molecule has 0 unspecified atom stereocenters. The van der Waals surface area contributed by atoms with Crippen molar-refractivity contribution in [3.8, 4) is 58.4 Å². The summed E-state index contributed by atoms with van der Waals surface area (Å²) < 4.78 is 61.7. The molecule has 2 aromatic heterocycles. The van der Waals surface area contributed by atoms with Crippen molar-refractivity contribution in [3.05, 3.63) is 148 Å². The van der Waals surface area contributed by atoms with Gasteiger partial charge in [-0.3, -0.25) is 29.8 Å². The van der Waals surface area contributed by atoms with Crippen molar-refractivity contribution in [2.45, 2.75) is 78.4 Å². The highest BCUT2D eigenvalue weighted by molar-refractivity contribution is 6.62. The minimum absolute atomic E-state index is 0.00205. The first-order valence-corrected chi connectivity index (χ1v) is 23.2. The molecule has 2 atom stereocenters. The van der Waals surface area contributed by atoms with Gasteiger partial charge in [-0.1, -0.05) is 81.8 Å². The molecule has 0 aliphatic carbocycles. The van der Waals surface area contributed by atoms with Gasteiger partial charge in [-0.25, -0.2) is 18.7 Å². The summed E-state index contributed by atoms with van der Waals surface area (Å²) in [6, 6.07) is 29.7. The lowest BCUT2D eigenvalue weighted by atomic mass is 9.69. The van der Waals surface area contributed by atoms with E-state index in [1.165, 1.54) is 12.1 Å². The number of halogens is 3. The third kappa shape index (κ3) is 10.8. The fourth-order valence-corrected chi connectivity index (χ4v) is 8.77. The molecule has 6 aromatic rings. The maximum Gasteiger partial charge on any atom is 0.494 e. The second-order valence-electron chi connectivity index (χ2n) is 19.2. The standard InChI is InChI=1S/C24H18FN3O4.C17H13ClFN3O2.C13H17BO4/c1-24(2,23(30)27-12-26)20-16-4-3-5-18(25)21(16)32-22-17(20)10-11-19(28-22)14-6-8-15(9-7-14)31-13-29;1-17(2,16(23)21-8-20)13-9-4-3-5-11(19)14(9)24-15-10(13)6-7-12(18)22-15;1-12(2)13(3,4)18-14(17-12)10-5-7-11(8-6-10)16-9-15/h3-11,13,20H,1-2H3,(H,27,30);3-7,13H,1-2H3,(H,21,23);5-9H,1-4H3/t20-;13-;/m00./s1. The second-order valence-corrected chi connectivity index (χ2v) is 19.6. The van der Waals surface area contributed by atoms with Crippen LogP contribution in [-0.2, 0) is 28.5 Å². The van der Waals surface area contributed by atoms with E-state index >= 15 is 0 Å². The lowest BCUT2D eigenvalue weighted by Crippen LogP contribution is -2.41. The largest absolute Gasteiger partial charge is 0.494 e. The van der Waals surface area contributed by atoms with E-state index in [2.05, 4.69) is 20.6 Å². The molecule has 9 rings (SSSR count). The maximum absolute atomic E-state index is 14.7. The SMILES string of the molecule is CC(C)(C(=O)NC#N)[C@@H]1c2ccc(-c3ccc(OC=O)cc3)nc2Oc2c(F)cccc21.CC(C)(C(=O)NC#N)[C@@H]1c2ccc(Cl)nc2Oc2c(F)cccc21.CC1(C)OB(c2ccc(OC=O)cc2)OC1(C)C. The predicted molar refractivity (Wildman–Crippen MR) is 266 cm³/mol. The zero-order valence-electron chi connectivity index (χ0n) is 41.3. The molecule has 3 aliphatic heterocycles. The summed E-state index contributed by atoms with van der Waals surface area (Å²) in [4.78, 5) is 54.5. The van der Waals surface area contributed by atoms with Crippen molar-refractivity contribution in [1.82, 2.24) is 20.6 Å². The van der Waals surface area contributed by atoms with Gasteiger partial charge in [0.05, 0.1) is 27.7 Å². The number of nitrogens with one attached hydrogen (secondary N) is 2. The minimum Gasteiger partial charge on any atom is -0.435 e. The number of rotatable bonds is 10. The summed E-state index contributed by atoms with van der Waals surface area (Å²) in [5.41, 5.74) is 1.57. The Bertz CT molecular complexity index is 3200. The van der Waals surface area contributed by atoms with Gasteiger partial charge in [0, 0.05) is 39.7 Å². The Morgan fingerprint density at radius 2 is 1.08 bits per heavy atom. The number of nitrogens with zero attached hydrogens (tertiary/aromatic N) is 4. The van der Waals surface area contributed by atoms with E-state index < -0.39 is 46.1 Å². The Kier molecular flexibility index (Phi) is 15.5. The Morgan fingerprint density at radius 3 is 1.53 bits per heavy atom. The van der Waals surface area contributed by atoms with Crippen molar-refractivity contribution < 1.29 is 56.2 Å². The molecule has 0 radical (unpaired) electrons. The van der Waals surface area contributed by atoms with Crippen molar-refractivity contribution in [1.29, 1.82) is 10.5 Å². The lowest BCUT2D eigenvalue weighted by molar-refractivity contribution is -0.129. The van der Waals surface area contributed by atoms with E-state index in [4.69, 9.17) is 50.4 Å². The molecule has 378 valence electrons. The van der Waals surface area contributed by atoms with Crippen LogP contribution in [0.1, 0.15) is 89.5 Å². The first-order chi connectivity index (χ1) is 35.1. The van der Waals surface area contributed by atoms with Gasteiger partial charge >= 0.3 is 7.12 Å². The Morgan fingerprint density at radius 1 is 0.649 bits per heavy atom. The van der Waals surface area contributed by atoms with Crippen LogP contribution in [-0.4, -0.2) is 53.0 Å². The molecule has 5 heterocycles. The fourth-order valence-electron chi connectivity index (χ4n) is 8.63. The summed E-state index contributed by atoms with van der Waals surface area (Å²) in [5.74, 6) is -2.01. The van der Waals surface area contributed by atoms with Gasteiger partial charge in [0.25, 0.3) is 12.9 Å². The average Bonchev–Trinajstić information content (AvgIpc) is 3.59. The number of fused-ring (bicyclic) bond motifs is 4. The number of carbonyl (C=O) groups is 4. The van der Waals surface area contributed by atoms with Gasteiger partial charge < -0.3 is 28.3 Å². The number of benzene rings is 4. The van der Waals surface area contributed by atoms with Crippen molar-refractivity contribution in [2.75, 3.05) is 0 Å². The lowest BCUT2D eigenvalue weighted by Gasteiger charge is -2.37. The van der Waals surface area contributed by atoms with Crippen LogP contribution in [0, 0.1) is 45.4 Å². The molecule has 16 nitrogen and oxygen atoms in total. The third-order valence-electron chi connectivity index (χ3n) is 13.3. The number of carbonyl (C=O) groups excluding carboxylic acids is 4. The zero-order valence-corrected chi connectivity index (χ0v) is 42.0. The van der Waals surface area contributed by atoms with Gasteiger partial charge in [-0.15, -0.1) is 0 Å². The van der Waals surface area contributed by atoms with E-state index in [-0.39, 0.29) is 46.7 Å².